The smallest absolute Gasteiger partial charge is 0.464 e. The normalized spacial score (nSPS) is 14.6. The fourth-order valence-electron chi connectivity index (χ4n) is 2.05. The van der Waals surface area contributed by atoms with Gasteiger partial charge in [0, 0.05) is 11.6 Å². The SMILES string of the molecule is COC(=O)c1nc(-c2cc3c(cc2Cl)OC(F)(F)O3)c(Cl)cc1Cl. The van der Waals surface area contributed by atoms with Gasteiger partial charge in [0.1, 0.15) is 0 Å². The van der Waals surface area contributed by atoms with Gasteiger partial charge in [0.2, 0.25) is 0 Å². The van der Waals surface area contributed by atoms with Crippen molar-refractivity contribution in [3.63, 3.8) is 0 Å². The van der Waals surface area contributed by atoms with Gasteiger partial charge < -0.3 is 14.2 Å². The number of rotatable bonds is 2. The van der Waals surface area contributed by atoms with Crippen LogP contribution in [0.2, 0.25) is 15.1 Å². The highest BCUT2D eigenvalue weighted by atomic mass is 35.5. The number of nitrogens with zero attached hydrogens (tertiary/aromatic N) is 1. The number of halogens is 5. The molecule has 0 aliphatic carbocycles. The molecule has 0 saturated heterocycles. The number of alkyl halides is 2. The zero-order valence-electron chi connectivity index (χ0n) is 11.7. The van der Waals surface area contributed by atoms with Crippen molar-refractivity contribution in [1.29, 1.82) is 0 Å². The molecule has 0 atom stereocenters. The number of hydrogen-bond donors (Lipinski definition) is 0. The fraction of sp³-hybridized carbons (Fsp3) is 0.143. The van der Waals surface area contributed by atoms with Crippen LogP contribution in [0.15, 0.2) is 18.2 Å². The second-order valence-corrected chi connectivity index (χ2v) is 5.81. The van der Waals surface area contributed by atoms with Gasteiger partial charge in [-0.05, 0) is 12.1 Å². The van der Waals surface area contributed by atoms with E-state index in [4.69, 9.17) is 34.8 Å². The molecule has 24 heavy (non-hydrogen) atoms. The lowest BCUT2D eigenvalue weighted by atomic mass is 10.1. The Labute approximate surface area is 149 Å². The van der Waals surface area contributed by atoms with Crippen molar-refractivity contribution in [3.8, 4) is 22.8 Å². The molecule has 0 saturated carbocycles. The quantitative estimate of drug-likeness (QED) is 0.681. The van der Waals surface area contributed by atoms with Crippen LogP contribution in [-0.4, -0.2) is 24.4 Å². The Kier molecular flexibility index (Phi) is 4.19. The molecule has 0 radical (unpaired) electrons. The fourth-order valence-corrected chi connectivity index (χ4v) is 2.83. The van der Waals surface area contributed by atoms with Crippen LogP contribution in [0.1, 0.15) is 10.5 Å². The van der Waals surface area contributed by atoms with Crippen molar-refractivity contribution < 1.29 is 27.8 Å². The van der Waals surface area contributed by atoms with Crippen LogP contribution < -0.4 is 9.47 Å². The molecule has 2 aromatic rings. The molecular weight excluding hydrogens is 391 g/mol. The molecule has 3 rings (SSSR count). The predicted molar refractivity (Wildman–Crippen MR) is 82.2 cm³/mol. The van der Waals surface area contributed by atoms with Crippen molar-refractivity contribution in [1.82, 2.24) is 4.98 Å². The Morgan fingerprint density at radius 3 is 2.33 bits per heavy atom. The summed E-state index contributed by atoms with van der Waals surface area (Å²) in [4.78, 5) is 15.7. The first-order valence-electron chi connectivity index (χ1n) is 6.26. The molecule has 0 bridgehead atoms. The third-order valence-electron chi connectivity index (χ3n) is 3.05. The van der Waals surface area contributed by atoms with E-state index in [1.165, 1.54) is 12.1 Å². The number of methoxy groups -OCH3 is 1. The van der Waals surface area contributed by atoms with E-state index in [2.05, 4.69) is 19.2 Å². The van der Waals surface area contributed by atoms with E-state index in [1.54, 1.807) is 0 Å². The van der Waals surface area contributed by atoms with Gasteiger partial charge in [0.15, 0.2) is 17.2 Å². The first kappa shape index (κ1) is 17.0. The van der Waals surface area contributed by atoms with Crippen LogP contribution in [0.25, 0.3) is 11.3 Å². The Balaban J connectivity index is 2.15. The molecule has 1 aromatic carbocycles. The van der Waals surface area contributed by atoms with Crippen LogP contribution in [0.3, 0.4) is 0 Å². The molecule has 1 aliphatic heterocycles. The summed E-state index contributed by atoms with van der Waals surface area (Å²) >= 11 is 18.1. The van der Waals surface area contributed by atoms with Gasteiger partial charge in [-0.1, -0.05) is 34.8 Å². The topological polar surface area (TPSA) is 57.7 Å². The van der Waals surface area contributed by atoms with Crippen molar-refractivity contribution >= 4 is 40.8 Å². The molecule has 0 N–H and O–H groups in total. The molecule has 0 fully saturated rings. The summed E-state index contributed by atoms with van der Waals surface area (Å²) < 4.78 is 39.5. The number of ether oxygens (including phenoxy) is 3. The predicted octanol–water partition coefficient (Wildman–Crippen LogP) is 4.82. The highest BCUT2D eigenvalue weighted by Crippen LogP contribution is 2.46. The third kappa shape index (κ3) is 2.94. The first-order valence-corrected chi connectivity index (χ1v) is 7.39. The molecule has 0 spiro atoms. The number of aromatic nitrogens is 1. The number of esters is 1. The van der Waals surface area contributed by atoms with Gasteiger partial charge in [-0.3, -0.25) is 0 Å². The average molecular weight is 397 g/mol. The molecule has 0 amide bonds. The number of pyridine rings is 1. The number of carbonyl (C=O) groups is 1. The minimum absolute atomic E-state index is 0.0163. The number of carbonyl (C=O) groups excluding carboxylic acids is 1. The standard InChI is InChI=1S/C14H6Cl3F2NO4/c1-22-13(21)12-8(17)3-7(16)11(20-12)5-2-9-10(4-6(5)15)24-14(18,19)23-9/h2-4H,1H3. The largest absolute Gasteiger partial charge is 0.586 e. The van der Waals surface area contributed by atoms with E-state index in [0.717, 1.165) is 13.2 Å². The summed E-state index contributed by atoms with van der Waals surface area (Å²) in [6, 6.07) is 3.59. The summed E-state index contributed by atoms with van der Waals surface area (Å²) in [5.74, 6) is -1.26. The summed E-state index contributed by atoms with van der Waals surface area (Å²) in [5.41, 5.74) is 0.00856. The van der Waals surface area contributed by atoms with Crippen molar-refractivity contribution in [2.45, 2.75) is 6.29 Å². The van der Waals surface area contributed by atoms with Crippen LogP contribution in [0, 0.1) is 0 Å². The zero-order chi connectivity index (χ0) is 17.6. The number of benzene rings is 1. The summed E-state index contributed by atoms with van der Waals surface area (Å²) in [5, 5.41) is 0.0433. The molecule has 0 unspecified atom stereocenters. The summed E-state index contributed by atoms with van der Waals surface area (Å²) in [6.07, 6.45) is -3.79. The molecule has 5 nitrogen and oxygen atoms in total. The second-order valence-electron chi connectivity index (χ2n) is 4.59. The highest BCUT2D eigenvalue weighted by molar-refractivity contribution is 6.38. The Morgan fingerprint density at radius 2 is 1.71 bits per heavy atom. The van der Waals surface area contributed by atoms with Crippen LogP contribution in [0.5, 0.6) is 11.5 Å². The van der Waals surface area contributed by atoms with Crippen LogP contribution in [0.4, 0.5) is 8.78 Å². The lowest BCUT2D eigenvalue weighted by molar-refractivity contribution is -0.286. The summed E-state index contributed by atoms with van der Waals surface area (Å²) in [7, 11) is 1.16. The Hall–Kier alpha value is -1.83. The van der Waals surface area contributed by atoms with Gasteiger partial charge in [-0.2, -0.15) is 0 Å². The summed E-state index contributed by atoms with van der Waals surface area (Å²) in [6.45, 7) is 0. The molecule has 10 heteroatoms. The van der Waals surface area contributed by atoms with Crippen LogP contribution in [-0.2, 0) is 4.74 Å². The van der Waals surface area contributed by atoms with Gasteiger partial charge in [0.05, 0.1) is 27.9 Å². The maximum atomic E-state index is 13.1. The molecule has 2 heterocycles. The maximum absolute atomic E-state index is 13.1. The molecular formula is C14H6Cl3F2NO4. The van der Waals surface area contributed by atoms with Gasteiger partial charge >= 0.3 is 12.3 Å². The third-order valence-corrected chi connectivity index (χ3v) is 3.94. The van der Waals surface area contributed by atoms with E-state index in [9.17, 15) is 13.6 Å². The maximum Gasteiger partial charge on any atom is 0.586 e. The molecule has 1 aromatic heterocycles. The minimum Gasteiger partial charge on any atom is -0.464 e. The second kappa shape index (κ2) is 5.91. The van der Waals surface area contributed by atoms with E-state index in [0.29, 0.717) is 0 Å². The lowest BCUT2D eigenvalue weighted by Gasteiger charge is -2.10. The van der Waals surface area contributed by atoms with Crippen molar-refractivity contribution in [2.24, 2.45) is 0 Å². The minimum atomic E-state index is -3.79. The Bertz CT molecular complexity index is 860. The lowest BCUT2D eigenvalue weighted by Crippen LogP contribution is -2.25. The van der Waals surface area contributed by atoms with Gasteiger partial charge in [-0.25, -0.2) is 9.78 Å². The average Bonchev–Trinajstić information content (AvgIpc) is 2.79. The zero-order valence-corrected chi connectivity index (χ0v) is 14.0. The van der Waals surface area contributed by atoms with E-state index >= 15 is 0 Å². The monoisotopic (exact) mass is 395 g/mol. The van der Waals surface area contributed by atoms with Crippen molar-refractivity contribution in [3.05, 3.63) is 39.0 Å². The molecule has 126 valence electrons. The van der Waals surface area contributed by atoms with Gasteiger partial charge in [-0.15, -0.1) is 8.78 Å². The number of fused-ring (bicyclic) bond motifs is 1. The van der Waals surface area contributed by atoms with E-state index in [1.807, 2.05) is 0 Å². The Morgan fingerprint density at radius 1 is 1.08 bits per heavy atom. The number of hydrogen-bond acceptors (Lipinski definition) is 5. The first-order chi connectivity index (χ1) is 11.2. The van der Waals surface area contributed by atoms with Crippen molar-refractivity contribution in [2.75, 3.05) is 7.11 Å². The molecule has 1 aliphatic rings. The van der Waals surface area contributed by atoms with E-state index in [-0.39, 0.29) is 43.5 Å². The van der Waals surface area contributed by atoms with Gasteiger partial charge in [0.25, 0.3) is 0 Å². The van der Waals surface area contributed by atoms with Crippen LogP contribution >= 0.6 is 34.8 Å². The van der Waals surface area contributed by atoms with E-state index < -0.39 is 12.3 Å². The highest BCUT2D eigenvalue weighted by Gasteiger charge is 2.44.